The van der Waals surface area contributed by atoms with Crippen LogP contribution in [0.5, 0.6) is 0 Å². The third kappa shape index (κ3) is 9.77. The minimum atomic E-state index is 0.487. The van der Waals surface area contributed by atoms with E-state index in [0.29, 0.717) is 12.1 Å². The minimum Gasteiger partial charge on any atom is -0.402 e. The molecule has 1 aliphatic carbocycles. The number of nitrogens with two attached hydrogens (primary N) is 1. The summed E-state index contributed by atoms with van der Waals surface area (Å²) in [4.78, 5) is 9.46. The first-order valence-electron chi connectivity index (χ1n) is 9.14. The third-order valence-electron chi connectivity index (χ3n) is 4.12. The first kappa shape index (κ1) is 24.4. The Morgan fingerprint density at radius 1 is 0.957 bits per heavy atom. The first-order valence-corrected chi connectivity index (χ1v) is 9.14. The smallest absolute Gasteiger partial charge is 0.0532 e. The van der Waals surface area contributed by atoms with Crippen LogP contribution in [0, 0.1) is 0 Å². The van der Waals surface area contributed by atoms with Gasteiger partial charge in [-0.3, -0.25) is 4.99 Å². The standard InChI is InChI=1S/C15H30N4.2C2H6/c1-11(12(2)16)13(3)17-14-9-15(10-14)19(6)8-7-18(4)5;2*1-2/h14-15H,7-10,16H2,1-6H3;2*1-2H3/b12-11-,17-13?;;. The van der Waals surface area contributed by atoms with Crippen LogP contribution in [0.2, 0.25) is 0 Å². The summed E-state index contributed by atoms with van der Waals surface area (Å²) in [5, 5.41) is 0. The summed E-state index contributed by atoms with van der Waals surface area (Å²) in [6.45, 7) is 16.3. The van der Waals surface area contributed by atoms with Gasteiger partial charge in [-0.05, 0) is 60.3 Å². The van der Waals surface area contributed by atoms with Gasteiger partial charge in [-0.15, -0.1) is 0 Å². The van der Waals surface area contributed by atoms with E-state index in [0.717, 1.165) is 30.1 Å². The number of allylic oxidation sites excluding steroid dienone is 2. The van der Waals surface area contributed by atoms with E-state index in [4.69, 9.17) is 10.7 Å². The van der Waals surface area contributed by atoms with Crippen molar-refractivity contribution in [2.75, 3.05) is 34.2 Å². The zero-order chi connectivity index (χ0) is 18.6. The summed E-state index contributed by atoms with van der Waals surface area (Å²) in [6, 6.07) is 1.19. The molecule has 1 saturated carbocycles. The molecule has 0 bridgehead atoms. The third-order valence-corrected chi connectivity index (χ3v) is 4.12. The van der Waals surface area contributed by atoms with Gasteiger partial charge < -0.3 is 15.5 Å². The second kappa shape index (κ2) is 13.6. The van der Waals surface area contributed by atoms with Crippen LogP contribution in [0.15, 0.2) is 16.3 Å². The molecule has 0 unspecified atom stereocenters. The van der Waals surface area contributed by atoms with E-state index in [1.54, 1.807) is 0 Å². The van der Waals surface area contributed by atoms with E-state index >= 15 is 0 Å². The van der Waals surface area contributed by atoms with Gasteiger partial charge in [-0.2, -0.15) is 0 Å². The largest absolute Gasteiger partial charge is 0.402 e. The summed E-state index contributed by atoms with van der Waals surface area (Å²) in [5.41, 5.74) is 8.90. The molecule has 0 saturated heterocycles. The van der Waals surface area contributed by atoms with Gasteiger partial charge in [-0.1, -0.05) is 27.7 Å². The Morgan fingerprint density at radius 3 is 1.83 bits per heavy atom. The highest BCUT2D eigenvalue weighted by Gasteiger charge is 2.31. The van der Waals surface area contributed by atoms with Gasteiger partial charge in [0.15, 0.2) is 0 Å². The molecule has 0 amide bonds. The van der Waals surface area contributed by atoms with Gasteiger partial charge in [0.05, 0.1) is 6.04 Å². The normalized spacial score (nSPS) is 21.7. The average molecular weight is 327 g/mol. The second-order valence-corrected chi connectivity index (χ2v) is 6.09. The van der Waals surface area contributed by atoms with E-state index in [1.165, 1.54) is 12.8 Å². The molecule has 0 radical (unpaired) electrons. The van der Waals surface area contributed by atoms with Crippen molar-refractivity contribution in [1.29, 1.82) is 0 Å². The van der Waals surface area contributed by atoms with Crippen LogP contribution in [0.3, 0.4) is 0 Å². The Labute approximate surface area is 145 Å². The summed E-state index contributed by atoms with van der Waals surface area (Å²) in [6.07, 6.45) is 2.36. The van der Waals surface area contributed by atoms with E-state index in [9.17, 15) is 0 Å². The zero-order valence-corrected chi connectivity index (χ0v) is 17.4. The van der Waals surface area contributed by atoms with Gasteiger partial charge in [0.2, 0.25) is 0 Å². The summed E-state index contributed by atoms with van der Waals surface area (Å²) < 4.78 is 0. The highest BCUT2D eigenvalue weighted by atomic mass is 15.2. The Hall–Kier alpha value is -0.870. The van der Waals surface area contributed by atoms with Crippen LogP contribution in [0.25, 0.3) is 0 Å². The number of likely N-dealkylation sites (N-methyl/N-ethyl adjacent to an activating group) is 2. The molecular weight excluding hydrogens is 284 g/mol. The Balaban J connectivity index is 0. The molecule has 0 heterocycles. The number of hydrogen-bond donors (Lipinski definition) is 1. The minimum absolute atomic E-state index is 0.487. The first-order chi connectivity index (χ1) is 10.8. The lowest BCUT2D eigenvalue weighted by Gasteiger charge is -2.40. The van der Waals surface area contributed by atoms with Gasteiger partial charge in [0.1, 0.15) is 0 Å². The van der Waals surface area contributed by atoms with Crippen molar-refractivity contribution in [3.63, 3.8) is 0 Å². The van der Waals surface area contributed by atoms with Crippen LogP contribution in [0.4, 0.5) is 0 Å². The Bertz CT molecular complexity index is 348. The molecule has 0 spiro atoms. The van der Waals surface area contributed by atoms with Crippen molar-refractivity contribution in [3.05, 3.63) is 11.3 Å². The van der Waals surface area contributed by atoms with Gasteiger partial charge in [-0.25, -0.2) is 0 Å². The summed E-state index contributed by atoms with van der Waals surface area (Å²) >= 11 is 0. The number of nitrogens with zero attached hydrogens (tertiary/aromatic N) is 3. The Morgan fingerprint density at radius 2 is 1.43 bits per heavy atom. The molecule has 1 rings (SSSR count). The van der Waals surface area contributed by atoms with Crippen LogP contribution in [-0.4, -0.2) is 61.8 Å². The van der Waals surface area contributed by atoms with Crippen LogP contribution >= 0.6 is 0 Å². The van der Waals surface area contributed by atoms with Crippen LogP contribution < -0.4 is 5.73 Å². The zero-order valence-electron chi connectivity index (χ0n) is 17.4. The molecule has 138 valence electrons. The quantitative estimate of drug-likeness (QED) is 0.756. The Kier molecular flexibility index (Phi) is 14.4. The van der Waals surface area contributed by atoms with E-state index < -0.39 is 0 Å². The maximum Gasteiger partial charge on any atom is 0.0532 e. The fraction of sp³-hybridized carbons (Fsp3) is 0.842. The van der Waals surface area contributed by atoms with Crippen molar-refractivity contribution in [1.82, 2.24) is 9.80 Å². The van der Waals surface area contributed by atoms with Gasteiger partial charge in [0.25, 0.3) is 0 Å². The molecule has 4 heteroatoms. The summed E-state index contributed by atoms with van der Waals surface area (Å²) in [7, 11) is 6.46. The molecule has 2 N–H and O–H groups in total. The van der Waals surface area contributed by atoms with E-state index in [2.05, 4.69) is 37.9 Å². The lowest BCUT2D eigenvalue weighted by molar-refractivity contribution is 0.131. The molecule has 23 heavy (non-hydrogen) atoms. The fourth-order valence-electron chi connectivity index (χ4n) is 2.22. The average Bonchev–Trinajstić information content (AvgIpc) is 2.50. The maximum atomic E-state index is 5.80. The number of rotatable bonds is 6. The molecule has 0 aromatic carbocycles. The number of aliphatic imine (C=N–C) groups is 1. The molecule has 0 aromatic heterocycles. The maximum absolute atomic E-state index is 5.80. The van der Waals surface area contributed by atoms with Gasteiger partial charge in [0, 0.05) is 30.5 Å². The molecule has 1 aliphatic rings. The predicted octanol–water partition coefficient (Wildman–Crippen LogP) is 3.78. The summed E-state index contributed by atoms with van der Waals surface area (Å²) in [5.74, 6) is 0. The molecular formula is C19H42N4. The van der Waals surface area contributed by atoms with Crippen molar-refractivity contribution >= 4 is 5.71 Å². The molecule has 1 fully saturated rings. The second-order valence-electron chi connectivity index (χ2n) is 6.09. The molecule has 0 aromatic rings. The van der Waals surface area contributed by atoms with Crippen molar-refractivity contribution in [3.8, 4) is 0 Å². The van der Waals surface area contributed by atoms with Crippen LogP contribution in [-0.2, 0) is 0 Å². The molecule has 0 atom stereocenters. The lowest BCUT2D eigenvalue weighted by atomic mass is 9.86. The lowest BCUT2D eigenvalue weighted by Crippen LogP contribution is -2.46. The fourth-order valence-corrected chi connectivity index (χ4v) is 2.22. The van der Waals surface area contributed by atoms with Gasteiger partial charge >= 0.3 is 0 Å². The SMILES string of the molecule is CC.CC.CC(=NC1CC(N(C)CCN(C)C)C1)/C(C)=C(/C)N. The molecule has 4 nitrogen and oxygen atoms in total. The predicted molar refractivity (Wildman–Crippen MR) is 106 cm³/mol. The van der Waals surface area contributed by atoms with Crippen molar-refractivity contribution in [2.45, 2.75) is 73.4 Å². The monoisotopic (exact) mass is 326 g/mol. The van der Waals surface area contributed by atoms with Crippen LogP contribution in [0.1, 0.15) is 61.3 Å². The highest BCUT2D eigenvalue weighted by molar-refractivity contribution is 5.98. The van der Waals surface area contributed by atoms with E-state index in [1.807, 2.05) is 41.5 Å². The topological polar surface area (TPSA) is 44.9 Å². The highest BCUT2D eigenvalue weighted by Crippen LogP contribution is 2.28. The molecule has 0 aliphatic heterocycles. The van der Waals surface area contributed by atoms with E-state index in [-0.39, 0.29) is 0 Å². The number of hydrogen-bond acceptors (Lipinski definition) is 4. The van der Waals surface area contributed by atoms with Crippen molar-refractivity contribution < 1.29 is 0 Å². The van der Waals surface area contributed by atoms with Crippen molar-refractivity contribution in [2.24, 2.45) is 10.7 Å².